The second kappa shape index (κ2) is 10.0. The van der Waals surface area contributed by atoms with Crippen LogP contribution in [-0.4, -0.2) is 44.9 Å². The third-order valence-electron chi connectivity index (χ3n) is 5.72. The molecule has 8 nitrogen and oxygen atoms in total. The first-order valence-corrected chi connectivity index (χ1v) is 11.3. The fraction of sp³-hybridized carbons (Fsp3) is 0.111. The van der Waals surface area contributed by atoms with Gasteiger partial charge in [-0.15, -0.1) is 0 Å². The van der Waals surface area contributed by atoms with Gasteiger partial charge in [-0.1, -0.05) is 60.7 Å². The van der Waals surface area contributed by atoms with Crippen LogP contribution in [0.4, 0.5) is 0 Å². The van der Waals surface area contributed by atoms with Gasteiger partial charge in [-0.2, -0.15) is 10.2 Å². The zero-order valence-corrected chi connectivity index (χ0v) is 18.9. The number of amides is 2. The van der Waals surface area contributed by atoms with E-state index in [0.29, 0.717) is 24.3 Å². The lowest BCUT2D eigenvalue weighted by molar-refractivity contribution is 0.0926. The van der Waals surface area contributed by atoms with Gasteiger partial charge in [0.05, 0.1) is 12.1 Å². The highest BCUT2D eigenvalue weighted by Crippen LogP contribution is 2.24. The molecule has 0 atom stereocenters. The average Bonchev–Trinajstić information content (AvgIpc) is 3.57. The molecule has 0 radical (unpaired) electrons. The lowest BCUT2D eigenvalue weighted by Gasteiger charge is -2.11. The van der Waals surface area contributed by atoms with Gasteiger partial charge < -0.3 is 10.6 Å². The standard InChI is InChI=1S/C27H24N6O2/c34-26(28-15-16-29-27(35)25-23-8-3-4-9-24(23)31-32-25)22-7-2-1-6-21(22)20-12-10-19(11-13-20)18-33-17-5-14-30-33/h1-14,17H,15-16,18H2,(H,28,34)(H,29,35)(H,31,32). The Kier molecular flexibility index (Phi) is 6.34. The normalized spacial score (nSPS) is 10.9. The molecule has 8 heteroatoms. The Bertz CT molecular complexity index is 1450. The molecule has 0 aliphatic rings. The van der Waals surface area contributed by atoms with Crippen molar-refractivity contribution in [2.75, 3.05) is 13.1 Å². The predicted molar refractivity (Wildman–Crippen MR) is 134 cm³/mol. The van der Waals surface area contributed by atoms with E-state index in [0.717, 1.165) is 27.6 Å². The fourth-order valence-electron chi connectivity index (χ4n) is 3.97. The van der Waals surface area contributed by atoms with E-state index in [9.17, 15) is 9.59 Å². The molecule has 2 heterocycles. The van der Waals surface area contributed by atoms with E-state index < -0.39 is 0 Å². The lowest BCUT2D eigenvalue weighted by Crippen LogP contribution is -2.35. The number of rotatable bonds is 8. The van der Waals surface area contributed by atoms with Crippen LogP contribution in [0.1, 0.15) is 26.4 Å². The highest BCUT2D eigenvalue weighted by Gasteiger charge is 2.15. The number of hydrogen-bond acceptors (Lipinski definition) is 4. The van der Waals surface area contributed by atoms with Crippen molar-refractivity contribution in [3.8, 4) is 11.1 Å². The third-order valence-corrected chi connectivity index (χ3v) is 5.72. The van der Waals surface area contributed by atoms with Crippen LogP contribution < -0.4 is 10.6 Å². The molecule has 3 N–H and O–H groups in total. The van der Waals surface area contributed by atoms with Crippen molar-refractivity contribution in [1.29, 1.82) is 0 Å². The number of para-hydroxylation sites is 1. The molecule has 0 saturated heterocycles. The SMILES string of the molecule is O=C(NCCNC(=O)c1n[nH]c2ccccc12)c1ccccc1-c1ccc(Cn2cccn2)cc1. The van der Waals surface area contributed by atoms with Gasteiger partial charge in [0.1, 0.15) is 0 Å². The van der Waals surface area contributed by atoms with Crippen LogP contribution in [-0.2, 0) is 6.54 Å². The number of benzene rings is 3. The second-order valence-electron chi connectivity index (χ2n) is 8.08. The highest BCUT2D eigenvalue weighted by atomic mass is 16.2. The maximum Gasteiger partial charge on any atom is 0.272 e. The Labute approximate surface area is 202 Å². The monoisotopic (exact) mass is 464 g/mol. The van der Waals surface area contributed by atoms with Gasteiger partial charge in [0.15, 0.2) is 5.69 Å². The number of carbonyl (C=O) groups excluding carboxylic acids is 2. The number of nitrogens with one attached hydrogen (secondary N) is 3. The van der Waals surface area contributed by atoms with Crippen LogP contribution in [0.15, 0.2) is 91.3 Å². The van der Waals surface area contributed by atoms with Crippen LogP contribution in [0.2, 0.25) is 0 Å². The van der Waals surface area contributed by atoms with Crippen LogP contribution in [0.5, 0.6) is 0 Å². The largest absolute Gasteiger partial charge is 0.350 e. The van der Waals surface area contributed by atoms with E-state index in [-0.39, 0.29) is 18.4 Å². The first-order valence-electron chi connectivity index (χ1n) is 11.3. The van der Waals surface area contributed by atoms with E-state index in [2.05, 4.69) is 25.9 Å². The molecule has 0 aliphatic heterocycles. The zero-order chi connectivity index (χ0) is 24.0. The predicted octanol–water partition coefficient (Wildman–Crippen LogP) is 3.63. The number of aromatic nitrogens is 4. The molecule has 0 saturated carbocycles. The lowest BCUT2D eigenvalue weighted by atomic mass is 9.98. The van der Waals surface area contributed by atoms with Crippen molar-refractivity contribution in [3.05, 3.63) is 108 Å². The molecular formula is C27H24N6O2. The summed E-state index contributed by atoms with van der Waals surface area (Å²) in [5, 5.41) is 17.7. The number of hydrogen-bond donors (Lipinski definition) is 3. The van der Waals surface area contributed by atoms with Crippen molar-refractivity contribution < 1.29 is 9.59 Å². The Morgan fingerprint density at radius 3 is 2.37 bits per heavy atom. The van der Waals surface area contributed by atoms with Crippen molar-refractivity contribution >= 4 is 22.7 Å². The van der Waals surface area contributed by atoms with Crippen molar-refractivity contribution in [3.63, 3.8) is 0 Å². The summed E-state index contributed by atoms with van der Waals surface area (Å²) in [5.74, 6) is -0.479. The molecular weight excluding hydrogens is 440 g/mol. The summed E-state index contributed by atoms with van der Waals surface area (Å²) in [5.41, 5.74) is 4.66. The third kappa shape index (κ3) is 4.96. The number of carbonyl (C=O) groups is 2. The molecule has 2 aromatic heterocycles. The van der Waals surface area contributed by atoms with Crippen molar-refractivity contribution in [2.24, 2.45) is 0 Å². The minimum Gasteiger partial charge on any atom is -0.350 e. The molecule has 0 spiro atoms. The fourth-order valence-corrected chi connectivity index (χ4v) is 3.97. The molecule has 0 bridgehead atoms. The first-order chi connectivity index (χ1) is 17.2. The minimum absolute atomic E-state index is 0.194. The first kappa shape index (κ1) is 22.1. The maximum absolute atomic E-state index is 12.9. The summed E-state index contributed by atoms with van der Waals surface area (Å²) in [6.07, 6.45) is 3.68. The Morgan fingerprint density at radius 2 is 1.57 bits per heavy atom. The molecule has 0 fully saturated rings. The Hall–Kier alpha value is -4.72. The molecule has 2 amide bonds. The zero-order valence-electron chi connectivity index (χ0n) is 18.9. The number of nitrogens with zero attached hydrogens (tertiary/aromatic N) is 3. The molecule has 5 aromatic rings. The van der Waals surface area contributed by atoms with E-state index in [4.69, 9.17) is 0 Å². The van der Waals surface area contributed by atoms with Gasteiger partial charge in [0.2, 0.25) is 0 Å². The van der Waals surface area contributed by atoms with Gasteiger partial charge in [-0.3, -0.25) is 19.4 Å². The topological polar surface area (TPSA) is 105 Å². The molecule has 174 valence electrons. The summed E-state index contributed by atoms with van der Waals surface area (Å²) < 4.78 is 1.86. The van der Waals surface area contributed by atoms with E-state index >= 15 is 0 Å². The Balaban J connectivity index is 1.19. The highest BCUT2D eigenvalue weighted by molar-refractivity contribution is 6.04. The molecule has 0 aliphatic carbocycles. The number of H-pyrrole nitrogens is 1. The molecule has 35 heavy (non-hydrogen) atoms. The van der Waals surface area contributed by atoms with Crippen LogP contribution in [0.3, 0.4) is 0 Å². The average molecular weight is 465 g/mol. The van der Waals surface area contributed by atoms with Crippen molar-refractivity contribution in [1.82, 2.24) is 30.6 Å². The summed E-state index contributed by atoms with van der Waals surface area (Å²) in [6.45, 7) is 1.27. The summed E-state index contributed by atoms with van der Waals surface area (Å²) in [6, 6.07) is 24.9. The quantitative estimate of drug-likeness (QED) is 0.305. The number of aromatic amines is 1. The summed E-state index contributed by atoms with van der Waals surface area (Å²) in [7, 11) is 0. The minimum atomic E-state index is -0.285. The van der Waals surface area contributed by atoms with Crippen LogP contribution >= 0.6 is 0 Å². The van der Waals surface area contributed by atoms with E-state index in [1.54, 1.807) is 12.3 Å². The van der Waals surface area contributed by atoms with Gasteiger partial charge in [0.25, 0.3) is 11.8 Å². The molecule has 5 rings (SSSR count). The van der Waals surface area contributed by atoms with E-state index in [1.807, 2.05) is 83.7 Å². The van der Waals surface area contributed by atoms with E-state index in [1.165, 1.54) is 0 Å². The van der Waals surface area contributed by atoms with Crippen LogP contribution in [0.25, 0.3) is 22.0 Å². The van der Waals surface area contributed by atoms with Gasteiger partial charge >= 0.3 is 0 Å². The Morgan fingerprint density at radius 1 is 0.829 bits per heavy atom. The number of fused-ring (bicyclic) bond motifs is 1. The van der Waals surface area contributed by atoms with Crippen molar-refractivity contribution in [2.45, 2.75) is 6.54 Å². The summed E-state index contributed by atoms with van der Waals surface area (Å²) in [4.78, 5) is 25.4. The van der Waals surface area contributed by atoms with Gasteiger partial charge in [-0.05, 0) is 34.9 Å². The van der Waals surface area contributed by atoms with Crippen LogP contribution in [0, 0.1) is 0 Å². The van der Waals surface area contributed by atoms with Gasteiger partial charge in [0, 0.05) is 36.4 Å². The van der Waals surface area contributed by atoms with Gasteiger partial charge in [-0.25, -0.2) is 0 Å². The smallest absolute Gasteiger partial charge is 0.272 e. The maximum atomic E-state index is 12.9. The molecule has 0 unspecified atom stereocenters. The second-order valence-corrected chi connectivity index (χ2v) is 8.08. The summed E-state index contributed by atoms with van der Waals surface area (Å²) >= 11 is 0. The molecule has 3 aromatic carbocycles.